The number of ether oxygens (including phenoxy) is 1. The molecule has 6 nitrogen and oxygen atoms in total. The van der Waals surface area contributed by atoms with E-state index in [1.165, 1.54) is 19.2 Å². The molecule has 1 atom stereocenters. The molecule has 21 heavy (non-hydrogen) atoms. The van der Waals surface area contributed by atoms with Crippen LogP contribution in [-0.4, -0.2) is 36.1 Å². The second-order valence-corrected chi connectivity index (χ2v) is 5.49. The molecule has 8 heteroatoms. The number of benzene rings is 1. The largest absolute Gasteiger partial charge is 0.480 e. The lowest BCUT2D eigenvalue weighted by Gasteiger charge is -2.14. The Morgan fingerprint density at radius 3 is 2.57 bits per heavy atom. The van der Waals surface area contributed by atoms with Crippen molar-refractivity contribution in [1.82, 2.24) is 5.32 Å². The third-order valence-electron chi connectivity index (χ3n) is 2.59. The molecule has 114 valence electrons. The number of carbonyl (C=O) groups is 3. The summed E-state index contributed by atoms with van der Waals surface area (Å²) < 4.78 is 5.03. The highest BCUT2D eigenvalue weighted by Gasteiger charge is 2.22. The van der Waals surface area contributed by atoms with Crippen LogP contribution in [0.3, 0.4) is 0 Å². The maximum atomic E-state index is 12.0. The van der Waals surface area contributed by atoms with Gasteiger partial charge in [-0.15, -0.1) is 0 Å². The molecule has 0 saturated heterocycles. The minimum Gasteiger partial charge on any atom is -0.480 e. The summed E-state index contributed by atoms with van der Waals surface area (Å²) in [6.07, 6.45) is -0.164. The lowest BCUT2D eigenvalue weighted by molar-refractivity contribution is -0.142. The monoisotopic (exact) mass is 377 g/mol. The normalized spacial score (nSPS) is 11.6. The van der Waals surface area contributed by atoms with Crippen LogP contribution < -0.4 is 5.32 Å². The molecule has 0 saturated carbocycles. The first-order chi connectivity index (χ1) is 9.83. The SMILES string of the molecule is COC(=O)CC[C@H](NC(=O)c1cc(Cl)cc(Br)c1)C(=O)O. The molecule has 0 aromatic heterocycles. The van der Waals surface area contributed by atoms with Crippen molar-refractivity contribution in [3.05, 3.63) is 33.3 Å². The fourth-order valence-corrected chi connectivity index (χ4v) is 2.41. The predicted octanol–water partition coefficient (Wildman–Crippen LogP) is 2.24. The van der Waals surface area contributed by atoms with Gasteiger partial charge in [-0.1, -0.05) is 27.5 Å². The van der Waals surface area contributed by atoms with Gasteiger partial charge in [0.05, 0.1) is 7.11 Å². The van der Waals surface area contributed by atoms with Gasteiger partial charge in [-0.2, -0.15) is 0 Å². The molecule has 1 amide bonds. The van der Waals surface area contributed by atoms with Crippen molar-refractivity contribution >= 4 is 45.4 Å². The van der Waals surface area contributed by atoms with Gasteiger partial charge in [-0.05, 0) is 24.6 Å². The molecule has 2 N–H and O–H groups in total. The molecule has 1 rings (SSSR count). The second kappa shape index (κ2) is 7.99. The molecule has 0 aliphatic heterocycles. The van der Waals surface area contributed by atoms with Gasteiger partial charge in [0.2, 0.25) is 0 Å². The highest BCUT2D eigenvalue weighted by Crippen LogP contribution is 2.19. The molecule has 0 unspecified atom stereocenters. The van der Waals surface area contributed by atoms with Crippen molar-refractivity contribution in [2.24, 2.45) is 0 Å². The zero-order chi connectivity index (χ0) is 16.0. The Balaban J connectivity index is 2.76. The number of halogens is 2. The highest BCUT2D eigenvalue weighted by molar-refractivity contribution is 9.10. The summed E-state index contributed by atoms with van der Waals surface area (Å²) in [5.41, 5.74) is 0.221. The summed E-state index contributed by atoms with van der Waals surface area (Å²) >= 11 is 9.02. The Kier molecular flexibility index (Phi) is 6.64. The van der Waals surface area contributed by atoms with E-state index in [4.69, 9.17) is 16.7 Å². The molecule has 0 heterocycles. The molecule has 0 radical (unpaired) electrons. The van der Waals surface area contributed by atoms with E-state index in [1.807, 2.05) is 0 Å². The molecule has 0 spiro atoms. The number of rotatable bonds is 6. The van der Waals surface area contributed by atoms with Gasteiger partial charge >= 0.3 is 11.9 Å². The van der Waals surface area contributed by atoms with Crippen LogP contribution in [0.4, 0.5) is 0 Å². The van der Waals surface area contributed by atoms with Gasteiger partial charge in [0, 0.05) is 21.5 Å². The first-order valence-corrected chi connectivity index (χ1v) is 7.07. The Morgan fingerprint density at radius 1 is 1.38 bits per heavy atom. The van der Waals surface area contributed by atoms with Crippen LogP contribution in [-0.2, 0) is 14.3 Å². The Hall–Kier alpha value is -1.60. The number of carboxylic acids is 1. The van der Waals surface area contributed by atoms with Crippen LogP contribution >= 0.6 is 27.5 Å². The molecule has 1 aromatic rings. The van der Waals surface area contributed by atoms with E-state index in [0.717, 1.165) is 0 Å². The summed E-state index contributed by atoms with van der Waals surface area (Å²) in [6, 6.07) is 3.35. The van der Waals surface area contributed by atoms with Crippen LogP contribution in [0.1, 0.15) is 23.2 Å². The lowest BCUT2D eigenvalue weighted by Crippen LogP contribution is -2.41. The van der Waals surface area contributed by atoms with Crippen LogP contribution in [0.5, 0.6) is 0 Å². The van der Waals surface area contributed by atoms with Gasteiger partial charge in [0.25, 0.3) is 5.91 Å². The molecular weight excluding hydrogens is 366 g/mol. The van der Waals surface area contributed by atoms with Crippen molar-refractivity contribution in [1.29, 1.82) is 0 Å². The quantitative estimate of drug-likeness (QED) is 0.741. The van der Waals surface area contributed by atoms with Crippen molar-refractivity contribution in [2.45, 2.75) is 18.9 Å². The van der Waals surface area contributed by atoms with Gasteiger partial charge in [0.15, 0.2) is 0 Å². The van der Waals surface area contributed by atoms with Crippen LogP contribution in [0.15, 0.2) is 22.7 Å². The summed E-state index contributed by atoms with van der Waals surface area (Å²) in [7, 11) is 1.21. The average Bonchev–Trinajstić information content (AvgIpc) is 2.41. The predicted molar refractivity (Wildman–Crippen MR) is 79.3 cm³/mol. The summed E-state index contributed by atoms with van der Waals surface area (Å²) in [4.78, 5) is 34.1. The average molecular weight is 379 g/mol. The van der Waals surface area contributed by atoms with Gasteiger partial charge < -0.3 is 15.2 Å². The number of carboxylic acid groups (broad SMARTS) is 1. The van der Waals surface area contributed by atoms with E-state index in [9.17, 15) is 14.4 Å². The van der Waals surface area contributed by atoms with Gasteiger partial charge in [0.1, 0.15) is 6.04 Å². The number of hydrogen-bond acceptors (Lipinski definition) is 4. The van der Waals surface area contributed by atoms with Crippen LogP contribution in [0.2, 0.25) is 5.02 Å². The smallest absolute Gasteiger partial charge is 0.326 e. The first kappa shape index (κ1) is 17.5. The van der Waals surface area contributed by atoms with E-state index < -0.39 is 23.9 Å². The Bertz CT molecular complexity index is 543. The van der Waals surface area contributed by atoms with Crippen molar-refractivity contribution < 1.29 is 24.2 Å². The van der Waals surface area contributed by atoms with E-state index in [0.29, 0.717) is 9.50 Å². The van der Waals surface area contributed by atoms with E-state index in [2.05, 4.69) is 26.0 Å². The topological polar surface area (TPSA) is 92.7 Å². The lowest BCUT2D eigenvalue weighted by atomic mass is 10.1. The number of esters is 1. The Labute approximate surface area is 134 Å². The third-order valence-corrected chi connectivity index (χ3v) is 3.27. The molecular formula is C13H13BrClNO5. The van der Waals surface area contributed by atoms with E-state index in [1.54, 1.807) is 6.07 Å². The fraction of sp³-hybridized carbons (Fsp3) is 0.308. The maximum Gasteiger partial charge on any atom is 0.326 e. The molecule has 0 aliphatic carbocycles. The minimum atomic E-state index is -1.23. The van der Waals surface area contributed by atoms with Crippen LogP contribution in [0, 0.1) is 0 Å². The maximum absolute atomic E-state index is 12.0. The molecule has 1 aromatic carbocycles. The van der Waals surface area contributed by atoms with Crippen LogP contribution in [0.25, 0.3) is 0 Å². The van der Waals surface area contributed by atoms with E-state index >= 15 is 0 Å². The molecule has 0 bridgehead atoms. The summed E-state index contributed by atoms with van der Waals surface area (Å²) in [6.45, 7) is 0. The zero-order valence-corrected chi connectivity index (χ0v) is 13.4. The van der Waals surface area contributed by atoms with Gasteiger partial charge in [-0.25, -0.2) is 4.79 Å². The molecule has 0 fully saturated rings. The molecule has 0 aliphatic rings. The first-order valence-electron chi connectivity index (χ1n) is 5.90. The number of methoxy groups -OCH3 is 1. The number of carbonyl (C=O) groups excluding carboxylic acids is 2. The van der Waals surface area contributed by atoms with E-state index in [-0.39, 0.29) is 18.4 Å². The number of hydrogen-bond donors (Lipinski definition) is 2. The van der Waals surface area contributed by atoms with Gasteiger partial charge in [-0.3, -0.25) is 9.59 Å². The second-order valence-electron chi connectivity index (χ2n) is 4.14. The number of nitrogens with one attached hydrogen (secondary N) is 1. The number of amides is 1. The Morgan fingerprint density at radius 2 is 2.05 bits per heavy atom. The highest BCUT2D eigenvalue weighted by atomic mass is 79.9. The summed E-state index contributed by atoms with van der Waals surface area (Å²) in [5, 5.41) is 11.7. The van der Waals surface area contributed by atoms with Crippen molar-refractivity contribution in [3.63, 3.8) is 0 Å². The third kappa shape index (κ3) is 5.73. The zero-order valence-electron chi connectivity index (χ0n) is 11.1. The summed E-state index contributed by atoms with van der Waals surface area (Å²) in [5.74, 6) is -2.36. The minimum absolute atomic E-state index is 0.0600. The fourth-order valence-electron chi connectivity index (χ4n) is 1.55. The standard InChI is InChI=1S/C13H13BrClNO5/c1-21-11(17)3-2-10(13(19)20)16-12(18)7-4-8(14)6-9(15)5-7/h4-6,10H,2-3H2,1H3,(H,16,18)(H,19,20)/t10-/m0/s1. The van der Waals surface area contributed by atoms with Crippen molar-refractivity contribution in [3.8, 4) is 0 Å². The number of aliphatic carboxylic acids is 1. The van der Waals surface area contributed by atoms with Crippen molar-refractivity contribution in [2.75, 3.05) is 7.11 Å².